The minimum atomic E-state index is -0.000532. The van der Waals surface area contributed by atoms with Crippen LogP contribution in [0.15, 0.2) is 18.2 Å². The van der Waals surface area contributed by atoms with Gasteiger partial charge in [0.05, 0.1) is 0 Å². The first-order valence-electron chi connectivity index (χ1n) is 7.52. The summed E-state index contributed by atoms with van der Waals surface area (Å²) >= 11 is 0. The molecule has 0 saturated heterocycles. The van der Waals surface area contributed by atoms with Crippen LogP contribution in [0.25, 0.3) is 0 Å². The Morgan fingerprint density at radius 3 is 2.79 bits per heavy atom. The van der Waals surface area contributed by atoms with E-state index in [-0.39, 0.29) is 5.60 Å². The molecule has 0 spiro atoms. The van der Waals surface area contributed by atoms with E-state index in [1.165, 1.54) is 30.5 Å². The van der Waals surface area contributed by atoms with E-state index in [2.05, 4.69) is 44.3 Å². The van der Waals surface area contributed by atoms with Crippen molar-refractivity contribution < 1.29 is 4.74 Å². The molecule has 0 aromatic heterocycles. The molecule has 104 valence electrons. The maximum absolute atomic E-state index is 6.48. The van der Waals surface area contributed by atoms with E-state index in [0.29, 0.717) is 5.41 Å². The molecule has 19 heavy (non-hydrogen) atoms. The maximum atomic E-state index is 6.48. The SMILES string of the molecule is CC1(C)CCCC(C)(Oc2cccc3c2CCN3)C1. The van der Waals surface area contributed by atoms with Crippen molar-refractivity contribution in [3.8, 4) is 5.75 Å². The lowest BCUT2D eigenvalue weighted by molar-refractivity contribution is -0.00189. The number of benzene rings is 1. The Morgan fingerprint density at radius 2 is 2.00 bits per heavy atom. The van der Waals surface area contributed by atoms with Crippen LogP contribution in [0.5, 0.6) is 5.75 Å². The molecule has 1 aliphatic carbocycles. The molecule has 1 unspecified atom stereocenters. The summed E-state index contributed by atoms with van der Waals surface area (Å²) in [6.45, 7) is 8.06. The molecule has 3 rings (SSSR count). The predicted molar refractivity (Wildman–Crippen MR) is 79.9 cm³/mol. The summed E-state index contributed by atoms with van der Waals surface area (Å²) < 4.78 is 6.48. The average molecular weight is 259 g/mol. The van der Waals surface area contributed by atoms with Gasteiger partial charge in [0.25, 0.3) is 0 Å². The molecule has 2 nitrogen and oxygen atoms in total. The van der Waals surface area contributed by atoms with Gasteiger partial charge in [0, 0.05) is 17.8 Å². The van der Waals surface area contributed by atoms with Gasteiger partial charge in [-0.05, 0) is 56.6 Å². The third-order valence-corrected chi connectivity index (χ3v) is 4.59. The number of fused-ring (bicyclic) bond motifs is 1. The summed E-state index contributed by atoms with van der Waals surface area (Å²) in [7, 11) is 0. The summed E-state index contributed by atoms with van der Waals surface area (Å²) in [5.74, 6) is 1.10. The Morgan fingerprint density at radius 1 is 1.16 bits per heavy atom. The molecule has 0 bridgehead atoms. The zero-order valence-corrected chi connectivity index (χ0v) is 12.4. The Hall–Kier alpha value is -1.18. The highest BCUT2D eigenvalue weighted by molar-refractivity contribution is 5.61. The highest BCUT2D eigenvalue weighted by Crippen LogP contribution is 2.44. The van der Waals surface area contributed by atoms with Crippen LogP contribution in [0, 0.1) is 5.41 Å². The number of rotatable bonds is 2. The van der Waals surface area contributed by atoms with E-state index < -0.39 is 0 Å². The minimum absolute atomic E-state index is 0.000532. The molecule has 0 amide bonds. The van der Waals surface area contributed by atoms with Crippen LogP contribution < -0.4 is 10.1 Å². The van der Waals surface area contributed by atoms with Crippen molar-refractivity contribution in [2.75, 3.05) is 11.9 Å². The topological polar surface area (TPSA) is 21.3 Å². The number of hydrogen-bond donors (Lipinski definition) is 1. The second kappa shape index (κ2) is 4.43. The van der Waals surface area contributed by atoms with Gasteiger partial charge in [-0.2, -0.15) is 0 Å². The molecular formula is C17H25NO. The monoisotopic (exact) mass is 259 g/mol. The van der Waals surface area contributed by atoms with Gasteiger partial charge in [0.15, 0.2) is 0 Å². The van der Waals surface area contributed by atoms with Gasteiger partial charge in [0.1, 0.15) is 11.4 Å². The first-order valence-corrected chi connectivity index (χ1v) is 7.52. The van der Waals surface area contributed by atoms with Gasteiger partial charge in [-0.15, -0.1) is 0 Å². The van der Waals surface area contributed by atoms with Crippen molar-refractivity contribution >= 4 is 5.69 Å². The average Bonchev–Trinajstić information content (AvgIpc) is 2.75. The van der Waals surface area contributed by atoms with E-state index in [0.717, 1.165) is 25.1 Å². The van der Waals surface area contributed by atoms with E-state index in [4.69, 9.17) is 4.74 Å². The van der Waals surface area contributed by atoms with Crippen LogP contribution in [0.3, 0.4) is 0 Å². The molecule has 1 saturated carbocycles. The summed E-state index contributed by atoms with van der Waals surface area (Å²) in [5.41, 5.74) is 3.03. The number of anilines is 1. The summed E-state index contributed by atoms with van der Waals surface area (Å²) in [5, 5.41) is 3.43. The smallest absolute Gasteiger partial charge is 0.125 e. The first kappa shape index (κ1) is 12.8. The molecule has 1 atom stereocenters. The molecule has 1 N–H and O–H groups in total. The molecule has 2 aliphatic rings. The molecular weight excluding hydrogens is 234 g/mol. The van der Waals surface area contributed by atoms with Crippen LogP contribution in [0.1, 0.15) is 52.0 Å². The van der Waals surface area contributed by atoms with Gasteiger partial charge >= 0.3 is 0 Å². The summed E-state index contributed by atoms with van der Waals surface area (Å²) in [6.07, 6.45) is 6.01. The van der Waals surface area contributed by atoms with Gasteiger partial charge < -0.3 is 10.1 Å². The first-order chi connectivity index (χ1) is 8.98. The fraction of sp³-hybridized carbons (Fsp3) is 0.647. The van der Waals surface area contributed by atoms with Crippen LogP contribution in [-0.4, -0.2) is 12.1 Å². The second-order valence-electron chi connectivity index (χ2n) is 7.21. The molecule has 1 heterocycles. The van der Waals surface area contributed by atoms with Crippen molar-refractivity contribution in [2.45, 2.75) is 58.5 Å². The molecule has 2 heteroatoms. The van der Waals surface area contributed by atoms with Gasteiger partial charge in [0.2, 0.25) is 0 Å². The van der Waals surface area contributed by atoms with E-state index in [1.54, 1.807) is 0 Å². The van der Waals surface area contributed by atoms with Crippen molar-refractivity contribution in [1.82, 2.24) is 0 Å². The lowest BCUT2D eigenvalue weighted by atomic mass is 9.70. The molecule has 1 fully saturated rings. The second-order valence-corrected chi connectivity index (χ2v) is 7.21. The fourth-order valence-electron chi connectivity index (χ4n) is 3.89. The van der Waals surface area contributed by atoms with Crippen LogP contribution in [-0.2, 0) is 6.42 Å². The minimum Gasteiger partial charge on any atom is -0.487 e. The zero-order chi connectivity index (χ0) is 13.5. The van der Waals surface area contributed by atoms with Crippen LogP contribution >= 0.6 is 0 Å². The summed E-state index contributed by atoms with van der Waals surface area (Å²) in [4.78, 5) is 0. The van der Waals surface area contributed by atoms with Gasteiger partial charge in [-0.3, -0.25) is 0 Å². The predicted octanol–water partition coefficient (Wildman–Crippen LogP) is 4.39. The van der Waals surface area contributed by atoms with Crippen molar-refractivity contribution in [3.05, 3.63) is 23.8 Å². The largest absolute Gasteiger partial charge is 0.487 e. The Kier molecular flexibility index (Phi) is 2.99. The quantitative estimate of drug-likeness (QED) is 0.850. The highest BCUT2D eigenvalue weighted by atomic mass is 16.5. The highest BCUT2D eigenvalue weighted by Gasteiger charge is 2.38. The fourth-order valence-corrected chi connectivity index (χ4v) is 3.89. The van der Waals surface area contributed by atoms with Crippen molar-refractivity contribution in [1.29, 1.82) is 0 Å². The van der Waals surface area contributed by atoms with Crippen LogP contribution in [0.2, 0.25) is 0 Å². The van der Waals surface area contributed by atoms with Crippen molar-refractivity contribution in [2.24, 2.45) is 5.41 Å². The zero-order valence-electron chi connectivity index (χ0n) is 12.4. The Labute approximate surface area is 116 Å². The maximum Gasteiger partial charge on any atom is 0.125 e. The normalized spacial score (nSPS) is 28.6. The lowest BCUT2D eigenvalue weighted by Crippen LogP contribution is -2.41. The number of hydrogen-bond acceptors (Lipinski definition) is 2. The van der Waals surface area contributed by atoms with E-state index in [9.17, 15) is 0 Å². The number of ether oxygens (including phenoxy) is 1. The Bertz CT molecular complexity index is 480. The Balaban J connectivity index is 1.83. The van der Waals surface area contributed by atoms with Gasteiger partial charge in [-0.1, -0.05) is 19.9 Å². The van der Waals surface area contributed by atoms with Crippen LogP contribution in [0.4, 0.5) is 5.69 Å². The number of nitrogens with one attached hydrogen (secondary N) is 1. The molecule has 1 aromatic carbocycles. The van der Waals surface area contributed by atoms with Gasteiger partial charge in [-0.25, -0.2) is 0 Å². The van der Waals surface area contributed by atoms with E-state index in [1.807, 2.05) is 0 Å². The summed E-state index contributed by atoms with van der Waals surface area (Å²) in [6, 6.07) is 6.39. The third kappa shape index (κ3) is 2.58. The standard InChI is InChI=1S/C17H25NO/c1-16(2)9-5-10-17(3,12-16)19-15-7-4-6-14-13(15)8-11-18-14/h4,6-7,18H,5,8-12H2,1-3H3. The van der Waals surface area contributed by atoms with Crippen molar-refractivity contribution in [3.63, 3.8) is 0 Å². The van der Waals surface area contributed by atoms with E-state index >= 15 is 0 Å². The molecule has 1 aromatic rings. The molecule has 0 radical (unpaired) electrons. The lowest BCUT2D eigenvalue weighted by Gasteiger charge is -2.43. The molecule has 1 aliphatic heterocycles. The third-order valence-electron chi connectivity index (χ3n) is 4.59.